The van der Waals surface area contributed by atoms with Crippen LogP contribution >= 0.6 is 39.1 Å². The van der Waals surface area contributed by atoms with E-state index in [2.05, 4.69) is 26.2 Å². The maximum Gasteiger partial charge on any atom is 0.240 e. The predicted molar refractivity (Wildman–Crippen MR) is 78.0 cm³/mol. The van der Waals surface area contributed by atoms with Crippen molar-refractivity contribution in [3.05, 3.63) is 44.6 Å². The highest BCUT2D eigenvalue weighted by molar-refractivity contribution is 9.10. The normalized spacial score (nSPS) is 10.4. The summed E-state index contributed by atoms with van der Waals surface area (Å²) in [5, 5.41) is 3.47. The van der Waals surface area contributed by atoms with E-state index in [1.165, 1.54) is 24.3 Å². The lowest BCUT2D eigenvalue weighted by atomic mass is 10.3. The first kappa shape index (κ1) is 14.4. The van der Waals surface area contributed by atoms with Crippen molar-refractivity contribution in [3.8, 4) is 11.6 Å². The SMILES string of the molecule is CNc1nc(Oc2ccc(F)cc2Br)c(Cl)cc1Cl. The van der Waals surface area contributed by atoms with Crippen molar-refractivity contribution >= 4 is 44.9 Å². The Morgan fingerprint density at radius 2 is 2.00 bits per heavy atom. The van der Waals surface area contributed by atoms with Gasteiger partial charge in [0.1, 0.15) is 22.4 Å². The average molecular weight is 366 g/mol. The van der Waals surface area contributed by atoms with Gasteiger partial charge in [-0.1, -0.05) is 23.2 Å². The summed E-state index contributed by atoms with van der Waals surface area (Å²) in [6, 6.07) is 5.57. The molecule has 19 heavy (non-hydrogen) atoms. The zero-order chi connectivity index (χ0) is 14.0. The van der Waals surface area contributed by atoms with E-state index < -0.39 is 0 Å². The molecule has 0 amide bonds. The first-order valence-corrected chi connectivity index (χ1v) is 6.73. The molecule has 1 heterocycles. The fourth-order valence-corrected chi connectivity index (χ4v) is 2.28. The van der Waals surface area contributed by atoms with Gasteiger partial charge in [0.2, 0.25) is 5.88 Å². The molecule has 0 fully saturated rings. The number of benzene rings is 1. The van der Waals surface area contributed by atoms with Crippen LogP contribution < -0.4 is 10.1 Å². The minimum absolute atomic E-state index is 0.183. The van der Waals surface area contributed by atoms with Crippen LogP contribution in [0.4, 0.5) is 10.2 Å². The van der Waals surface area contributed by atoms with E-state index in [9.17, 15) is 4.39 Å². The fraction of sp³-hybridized carbons (Fsp3) is 0.0833. The van der Waals surface area contributed by atoms with Crippen LogP contribution in [0.2, 0.25) is 10.0 Å². The Morgan fingerprint density at radius 3 is 2.63 bits per heavy atom. The molecule has 1 aromatic heterocycles. The van der Waals surface area contributed by atoms with Gasteiger partial charge in [-0.15, -0.1) is 0 Å². The molecule has 3 nitrogen and oxygen atoms in total. The number of ether oxygens (including phenoxy) is 1. The first-order valence-electron chi connectivity index (χ1n) is 5.18. The molecule has 0 unspecified atom stereocenters. The predicted octanol–water partition coefficient (Wildman–Crippen LogP) is 5.12. The van der Waals surface area contributed by atoms with E-state index in [1.807, 2.05) is 0 Å². The summed E-state index contributed by atoms with van der Waals surface area (Å²) in [7, 11) is 1.68. The smallest absolute Gasteiger partial charge is 0.240 e. The molecule has 0 atom stereocenters. The van der Waals surface area contributed by atoms with Gasteiger partial charge in [-0.25, -0.2) is 4.39 Å². The molecule has 2 aromatic rings. The standard InChI is InChI=1S/C12H8BrCl2FN2O/c1-17-11-8(14)5-9(15)12(18-11)19-10-3-2-6(16)4-7(10)13/h2-5H,1H3,(H,17,18). The highest BCUT2D eigenvalue weighted by Gasteiger charge is 2.12. The zero-order valence-corrected chi connectivity index (χ0v) is 12.8. The Hall–Kier alpha value is -1.04. The second kappa shape index (κ2) is 5.94. The van der Waals surface area contributed by atoms with Gasteiger partial charge < -0.3 is 10.1 Å². The molecular weight excluding hydrogens is 358 g/mol. The molecule has 0 saturated carbocycles. The van der Waals surface area contributed by atoms with Gasteiger partial charge in [0.25, 0.3) is 0 Å². The lowest BCUT2D eigenvalue weighted by Gasteiger charge is -2.11. The summed E-state index contributed by atoms with van der Waals surface area (Å²) < 4.78 is 19.0. The molecule has 0 radical (unpaired) electrons. The van der Waals surface area contributed by atoms with Gasteiger partial charge >= 0.3 is 0 Å². The summed E-state index contributed by atoms with van der Waals surface area (Å²) in [6.07, 6.45) is 0. The van der Waals surface area contributed by atoms with Gasteiger partial charge in [-0.2, -0.15) is 4.98 Å². The highest BCUT2D eigenvalue weighted by atomic mass is 79.9. The van der Waals surface area contributed by atoms with E-state index in [1.54, 1.807) is 7.05 Å². The van der Waals surface area contributed by atoms with Gasteiger partial charge in [-0.05, 0) is 40.2 Å². The minimum atomic E-state index is -0.370. The molecule has 7 heteroatoms. The molecule has 1 N–H and O–H groups in total. The van der Waals surface area contributed by atoms with Crippen molar-refractivity contribution in [3.63, 3.8) is 0 Å². The number of nitrogens with zero attached hydrogens (tertiary/aromatic N) is 1. The number of hydrogen-bond acceptors (Lipinski definition) is 3. The number of pyridine rings is 1. The van der Waals surface area contributed by atoms with Crippen LogP contribution in [0.3, 0.4) is 0 Å². The topological polar surface area (TPSA) is 34.2 Å². The van der Waals surface area contributed by atoms with Crippen LogP contribution in [0, 0.1) is 5.82 Å². The number of rotatable bonds is 3. The third-order valence-corrected chi connectivity index (χ3v) is 3.41. The Kier molecular flexibility index (Phi) is 4.50. The third-order valence-electron chi connectivity index (χ3n) is 2.23. The lowest BCUT2D eigenvalue weighted by molar-refractivity contribution is 0.459. The molecule has 0 saturated heterocycles. The zero-order valence-electron chi connectivity index (χ0n) is 9.68. The maximum atomic E-state index is 13.0. The monoisotopic (exact) mass is 364 g/mol. The van der Waals surface area contributed by atoms with E-state index in [-0.39, 0.29) is 16.7 Å². The Labute approximate surface area is 127 Å². The number of halogens is 4. The summed E-state index contributed by atoms with van der Waals surface area (Å²) in [5.41, 5.74) is 0. The lowest BCUT2D eigenvalue weighted by Crippen LogP contribution is -1.97. The Morgan fingerprint density at radius 1 is 1.26 bits per heavy atom. The number of nitrogens with one attached hydrogen (secondary N) is 1. The second-order valence-corrected chi connectivity index (χ2v) is 5.20. The van der Waals surface area contributed by atoms with Crippen molar-refractivity contribution in [1.29, 1.82) is 0 Å². The number of hydrogen-bond donors (Lipinski definition) is 1. The molecular formula is C12H8BrCl2FN2O. The van der Waals surface area contributed by atoms with Gasteiger partial charge in [0.05, 0.1) is 9.50 Å². The van der Waals surface area contributed by atoms with Gasteiger partial charge in [0.15, 0.2) is 0 Å². The minimum Gasteiger partial charge on any atom is -0.436 e. The van der Waals surface area contributed by atoms with Crippen LogP contribution in [0.15, 0.2) is 28.7 Å². The molecule has 0 spiro atoms. The molecule has 0 aliphatic heterocycles. The van der Waals surface area contributed by atoms with E-state index in [0.717, 1.165) is 0 Å². The van der Waals surface area contributed by atoms with Crippen molar-refractivity contribution in [2.24, 2.45) is 0 Å². The van der Waals surface area contributed by atoms with E-state index in [4.69, 9.17) is 27.9 Å². The van der Waals surface area contributed by atoms with Crippen molar-refractivity contribution in [1.82, 2.24) is 4.98 Å². The molecule has 1 aromatic carbocycles. The van der Waals surface area contributed by atoms with Crippen molar-refractivity contribution < 1.29 is 9.13 Å². The maximum absolute atomic E-state index is 13.0. The summed E-state index contributed by atoms with van der Waals surface area (Å²) in [5.74, 6) is 0.660. The summed E-state index contributed by atoms with van der Waals surface area (Å²) in [6.45, 7) is 0. The van der Waals surface area contributed by atoms with Crippen LogP contribution in [-0.2, 0) is 0 Å². The second-order valence-electron chi connectivity index (χ2n) is 3.53. The van der Waals surface area contributed by atoms with Crippen LogP contribution in [-0.4, -0.2) is 12.0 Å². The van der Waals surface area contributed by atoms with Gasteiger partial charge in [0, 0.05) is 7.05 Å². The van der Waals surface area contributed by atoms with Crippen LogP contribution in [0.1, 0.15) is 0 Å². The molecule has 0 bridgehead atoms. The molecule has 2 rings (SSSR count). The fourth-order valence-electron chi connectivity index (χ4n) is 1.36. The quantitative estimate of drug-likeness (QED) is 0.819. The van der Waals surface area contributed by atoms with Crippen LogP contribution in [0.25, 0.3) is 0 Å². The Balaban J connectivity index is 2.37. The molecule has 0 aliphatic carbocycles. The highest BCUT2D eigenvalue weighted by Crippen LogP contribution is 2.36. The largest absolute Gasteiger partial charge is 0.436 e. The van der Waals surface area contributed by atoms with Crippen molar-refractivity contribution in [2.45, 2.75) is 0 Å². The first-order chi connectivity index (χ1) is 9.01. The Bertz CT molecular complexity index is 625. The third kappa shape index (κ3) is 3.29. The summed E-state index contributed by atoms with van der Waals surface area (Å²) >= 11 is 15.1. The van der Waals surface area contributed by atoms with E-state index >= 15 is 0 Å². The average Bonchev–Trinajstić information content (AvgIpc) is 2.35. The van der Waals surface area contributed by atoms with Crippen LogP contribution in [0.5, 0.6) is 11.6 Å². The summed E-state index contributed by atoms with van der Waals surface area (Å²) in [4.78, 5) is 4.14. The van der Waals surface area contributed by atoms with Gasteiger partial charge in [-0.3, -0.25) is 0 Å². The number of anilines is 1. The number of aromatic nitrogens is 1. The van der Waals surface area contributed by atoms with Crippen molar-refractivity contribution in [2.75, 3.05) is 12.4 Å². The molecule has 100 valence electrons. The molecule has 0 aliphatic rings. The van der Waals surface area contributed by atoms with E-state index in [0.29, 0.717) is 21.1 Å².